The fourth-order valence-corrected chi connectivity index (χ4v) is 3.64. The lowest BCUT2D eigenvalue weighted by Gasteiger charge is -2.06. The van der Waals surface area contributed by atoms with E-state index in [9.17, 15) is 4.79 Å². The second kappa shape index (κ2) is 9.91. The van der Waals surface area contributed by atoms with Crippen molar-refractivity contribution in [2.75, 3.05) is 11.9 Å². The molecule has 0 atom stereocenters. The van der Waals surface area contributed by atoms with Crippen LogP contribution in [0.15, 0.2) is 84.2 Å². The highest BCUT2D eigenvalue weighted by Crippen LogP contribution is 2.28. The average molecular weight is 431 g/mol. The van der Waals surface area contributed by atoms with Gasteiger partial charge in [-0.15, -0.1) is 11.3 Å². The lowest BCUT2D eigenvalue weighted by molar-refractivity contribution is -0.118. The predicted molar refractivity (Wildman–Crippen MR) is 124 cm³/mol. The Morgan fingerprint density at radius 3 is 2.29 bits per heavy atom. The smallest absolute Gasteiger partial charge is 0.264 e. The highest BCUT2D eigenvalue weighted by Gasteiger charge is 2.09. The summed E-state index contributed by atoms with van der Waals surface area (Å²) < 4.78 is 11.4. The Morgan fingerprint density at radius 2 is 1.58 bits per heavy atom. The number of hydrogen-bond acceptors (Lipinski definition) is 5. The van der Waals surface area contributed by atoms with E-state index in [0.29, 0.717) is 10.9 Å². The van der Waals surface area contributed by atoms with Crippen molar-refractivity contribution in [3.05, 3.63) is 89.8 Å². The van der Waals surface area contributed by atoms with E-state index in [1.807, 2.05) is 84.2 Å². The van der Waals surface area contributed by atoms with Crippen LogP contribution in [-0.4, -0.2) is 17.5 Å². The summed E-state index contributed by atoms with van der Waals surface area (Å²) in [6, 6.07) is 25.1. The van der Waals surface area contributed by atoms with Gasteiger partial charge in [0.15, 0.2) is 11.7 Å². The van der Waals surface area contributed by atoms with Crippen molar-refractivity contribution in [2.45, 2.75) is 13.3 Å². The number of hydrogen-bond donors (Lipinski definition) is 1. The van der Waals surface area contributed by atoms with Crippen LogP contribution in [0.2, 0.25) is 0 Å². The van der Waals surface area contributed by atoms with Gasteiger partial charge in [0.05, 0.1) is 5.69 Å². The SMILES string of the molecule is CCc1ccc(OCC(=O)Nc2nc(-c3ccc(Oc4ccccc4)cc3)cs2)cc1. The van der Waals surface area contributed by atoms with E-state index >= 15 is 0 Å². The maximum absolute atomic E-state index is 12.2. The number of ether oxygens (including phenoxy) is 2. The summed E-state index contributed by atoms with van der Waals surface area (Å²) in [4.78, 5) is 16.7. The first-order valence-electron chi connectivity index (χ1n) is 10.00. The number of aryl methyl sites for hydroxylation is 1. The van der Waals surface area contributed by atoms with E-state index in [4.69, 9.17) is 9.47 Å². The average Bonchev–Trinajstić information content (AvgIpc) is 3.27. The molecule has 5 nitrogen and oxygen atoms in total. The number of aromatic nitrogens is 1. The molecule has 0 fully saturated rings. The molecular weight excluding hydrogens is 408 g/mol. The number of thiazole rings is 1. The first-order valence-corrected chi connectivity index (χ1v) is 10.9. The van der Waals surface area contributed by atoms with Crippen LogP contribution in [-0.2, 0) is 11.2 Å². The minimum atomic E-state index is -0.243. The van der Waals surface area contributed by atoms with Gasteiger partial charge in [0.1, 0.15) is 17.2 Å². The van der Waals surface area contributed by atoms with Gasteiger partial charge in [0.2, 0.25) is 0 Å². The van der Waals surface area contributed by atoms with E-state index in [2.05, 4.69) is 17.2 Å². The van der Waals surface area contributed by atoms with E-state index in [1.165, 1.54) is 16.9 Å². The Bertz CT molecular complexity index is 1120. The second-order valence-electron chi connectivity index (χ2n) is 6.81. The van der Waals surface area contributed by atoms with E-state index < -0.39 is 0 Å². The van der Waals surface area contributed by atoms with Gasteiger partial charge in [-0.25, -0.2) is 4.98 Å². The second-order valence-corrected chi connectivity index (χ2v) is 7.67. The number of nitrogens with zero attached hydrogens (tertiary/aromatic N) is 1. The van der Waals surface area contributed by atoms with Crippen LogP contribution in [0.5, 0.6) is 17.2 Å². The van der Waals surface area contributed by atoms with Gasteiger partial charge in [0.25, 0.3) is 5.91 Å². The molecule has 0 radical (unpaired) electrons. The Morgan fingerprint density at radius 1 is 0.903 bits per heavy atom. The normalized spacial score (nSPS) is 10.5. The van der Waals surface area contributed by atoms with Crippen LogP contribution in [0.1, 0.15) is 12.5 Å². The molecule has 0 aliphatic heterocycles. The van der Waals surface area contributed by atoms with Gasteiger partial charge in [-0.1, -0.05) is 37.3 Å². The number of anilines is 1. The Balaban J connectivity index is 1.31. The minimum Gasteiger partial charge on any atom is -0.484 e. The summed E-state index contributed by atoms with van der Waals surface area (Å²) in [5.74, 6) is 1.97. The zero-order valence-corrected chi connectivity index (χ0v) is 17.9. The molecule has 31 heavy (non-hydrogen) atoms. The molecule has 4 rings (SSSR count). The third-order valence-electron chi connectivity index (χ3n) is 4.58. The van der Waals surface area contributed by atoms with E-state index in [1.54, 1.807) is 0 Å². The lowest BCUT2D eigenvalue weighted by atomic mass is 10.2. The summed E-state index contributed by atoms with van der Waals surface area (Å²) in [6.07, 6.45) is 0.968. The monoisotopic (exact) mass is 430 g/mol. The van der Waals surface area contributed by atoms with Crippen molar-refractivity contribution < 1.29 is 14.3 Å². The topological polar surface area (TPSA) is 60.5 Å². The molecule has 156 valence electrons. The lowest BCUT2D eigenvalue weighted by Crippen LogP contribution is -2.20. The quantitative estimate of drug-likeness (QED) is 0.362. The zero-order valence-electron chi connectivity index (χ0n) is 17.1. The summed E-state index contributed by atoms with van der Waals surface area (Å²) in [6.45, 7) is 2.03. The fourth-order valence-electron chi connectivity index (χ4n) is 2.91. The highest BCUT2D eigenvalue weighted by molar-refractivity contribution is 7.14. The molecule has 0 spiro atoms. The number of amides is 1. The maximum atomic E-state index is 12.2. The van der Waals surface area contributed by atoms with Crippen LogP contribution in [0.25, 0.3) is 11.3 Å². The van der Waals surface area contributed by atoms with Crippen LogP contribution >= 0.6 is 11.3 Å². The van der Waals surface area contributed by atoms with Gasteiger partial charge in [0, 0.05) is 10.9 Å². The molecular formula is C25H22N2O3S. The first-order chi connectivity index (χ1) is 15.2. The van der Waals surface area contributed by atoms with E-state index in [-0.39, 0.29) is 12.5 Å². The molecule has 0 aliphatic carbocycles. The fraction of sp³-hybridized carbons (Fsp3) is 0.120. The number of carbonyl (C=O) groups excluding carboxylic acids is 1. The van der Waals surface area contributed by atoms with E-state index in [0.717, 1.165) is 29.2 Å². The maximum Gasteiger partial charge on any atom is 0.264 e. The molecule has 1 N–H and O–H groups in total. The van der Waals surface area contributed by atoms with Gasteiger partial charge in [-0.2, -0.15) is 0 Å². The Hall–Kier alpha value is -3.64. The van der Waals surface area contributed by atoms with Crippen molar-refractivity contribution in [2.24, 2.45) is 0 Å². The number of benzene rings is 3. The van der Waals surface area contributed by atoms with Crippen molar-refractivity contribution in [1.82, 2.24) is 4.98 Å². The largest absolute Gasteiger partial charge is 0.484 e. The third kappa shape index (κ3) is 5.71. The molecule has 3 aromatic carbocycles. The predicted octanol–water partition coefficient (Wildman–Crippen LogP) is 6.18. The van der Waals surface area contributed by atoms with Crippen molar-refractivity contribution in [3.63, 3.8) is 0 Å². The first kappa shape index (κ1) is 20.6. The third-order valence-corrected chi connectivity index (χ3v) is 5.34. The summed E-state index contributed by atoms with van der Waals surface area (Å²) in [5.41, 5.74) is 2.97. The molecule has 1 amide bonds. The van der Waals surface area contributed by atoms with Crippen LogP contribution in [0.4, 0.5) is 5.13 Å². The van der Waals surface area contributed by atoms with Crippen LogP contribution in [0, 0.1) is 0 Å². The number of nitrogens with one attached hydrogen (secondary N) is 1. The molecule has 1 aromatic heterocycles. The van der Waals surface area contributed by atoms with Crippen molar-refractivity contribution in [1.29, 1.82) is 0 Å². The number of para-hydroxylation sites is 1. The number of carbonyl (C=O) groups is 1. The summed E-state index contributed by atoms with van der Waals surface area (Å²) in [7, 11) is 0. The molecule has 0 unspecified atom stereocenters. The van der Waals surface area contributed by atoms with Crippen molar-refractivity contribution >= 4 is 22.4 Å². The molecule has 0 saturated carbocycles. The molecule has 4 aromatic rings. The summed E-state index contributed by atoms with van der Waals surface area (Å²) in [5, 5.41) is 5.23. The Labute approximate surface area is 185 Å². The van der Waals surface area contributed by atoms with Gasteiger partial charge >= 0.3 is 0 Å². The molecule has 1 heterocycles. The van der Waals surface area contributed by atoms with Gasteiger partial charge < -0.3 is 9.47 Å². The molecule has 0 bridgehead atoms. The zero-order chi connectivity index (χ0) is 21.5. The molecule has 0 aliphatic rings. The standard InChI is InChI=1S/C25H22N2O3S/c1-2-18-8-12-20(13-9-18)29-16-24(28)27-25-26-23(17-31-25)19-10-14-22(15-11-19)30-21-6-4-3-5-7-21/h3-15,17H,2,16H2,1H3,(H,26,27,28). The van der Waals surface area contributed by atoms with Crippen LogP contribution in [0.3, 0.4) is 0 Å². The molecule has 6 heteroatoms. The number of rotatable bonds is 8. The van der Waals surface area contributed by atoms with Gasteiger partial charge in [-0.05, 0) is 60.5 Å². The highest BCUT2D eigenvalue weighted by atomic mass is 32.1. The Kier molecular flexibility index (Phi) is 6.59. The molecule has 0 saturated heterocycles. The van der Waals surface area contributed by atoms with Crippen molar-refractivity contribution in [3.8, 4) is 28.5 Å². The minimum absolute atomic E-state index is 0.0636. The van der Waals surface area contributed by atoms with Gasteiger partial charge in [-0.3, -0.25) is 10.1 Å². The summed E-state index contributed by atoms with van der Waals surface area (Å²) >= 11 is 1.38. The van der Waals surface area contributed by atoms with Crippen LogP contribution < -0.4 is 14.8 Å².